The van der Waals surface area contributed by atoms with Gasteiger partial charge in [-0.05, 0) is 12.8 Å². The fourth-order valence-corrected chi connectivity index (χ4v) is 5.11. The maximum atomic E-state index is 10.7. The lowest BCUT2D eigenvalue weighted by atomic mass is 9.85. The van der Waals surface area contributed by atoms with E-state index in [1.54, 1.807) is 0 Å². The molecular formula is C19H35NO9S. The van der Waals surface area contributed by atoms with E-state index in [0.717, 1.165) is 12.8 Å². The number of ether oxygens (including phenoxy) is 4. The molecule has 0 amide bonds. The molecule has 0 aromatic rings. The molecule has 6 aliphatic rings. The average Bonchev–Trinajstić information content (AvgIpc) is 2.75. The van der Waals surface area contributed by atoms with E-state index in [1.807, 2.05) is 0 Å². The second-order valence-corrected chi connectivity index (χ2v) is 9.23. The van der Waals surface area contributed by atoms with Crippen LogP contribution >= 0.6 is 11.8 Å². The third-order valence-corrected chi connectivity index (χ3v) is 7.06. The van der Waals surface area contributed by atoms with Crippen molar-refractivity contribution in [3.05, 3.63) is 0 Å². The third-order valence-electron chi connectivity index (χ3n) is 5.97. The second-order valence-electron chi connectivity index (χ2n) is 8.08. The summed E-state index contributed by atoms with van der Waals surface area (Å²) in [4.78, 5) is 0. The molecule has 10 nitrogen and oxygen atoms in total. The topological polar surface area (TPSA) is 164 Å². The van der Waals surface area contributed by atoms with Crippen LogP contribution in [0, 0.1) is 5.92 Å². The summed E-state index contributed by atoms with van der Waals surface area (Å²) in [5.74, 6) is 0.657. The SMILES string of the molecule is NCCSCC1O[C@@H]2OCCCCCC3C(CO)O[C@H](OC1[C@@H](O)[C@@H]2O)[C@@H](O)[C@@H]3O. The van der Waals surface area contributed by atoms with Crippen molar-refractivity contribution in [1.29, 1.82) is 0 Å². The minimum Gasteiger partial charge on any atom is -0.394 e. The number of aliphatic hydroxyl groups is 5. The molecule has 176 valence electrons. The standard InChI is InChI=1S/C19H35NO9S/c20-5-7-30-9-12-17-14(23)16(25)18(28-12)26-6-3-1-2-4-10-11(8-21)27-19(29-17)15(24)13(10)22/h10-19,21-25H,1-9,20H2/t10?,11?,12?,13-,14+,15+,16+,17?,18+,19-/m1/s1. The Kier molecular flexibility index (Phi) is 9.60. The van der Waals surface area contributed by atoms with Gasteiger partial charge in [-0.1, -0.05) is 12.8 Å². The molecule has 7 N–H and O–H groups in total. The van der Waals surface area contributed by atoms with Gasteiger partial charge in [-0.25, -0.2) is 0 Å². The Balaban J connectivity index is 1.84. The molecule has 6 aliphatic heterocycles. The Hall–Kier alpha value is -0.0500. The second kappa shape index (κ2) is 11.7. The van der Waals surface area contributed by atoms with Crippen LogP contribution in [0.3, 0.4) is 0 Å². The third kappa shape index (κ3) is 5.65. The monoisotopic (exact) mass is 453 g/mol. The molecule has 6 saturated heterocycles. The van der Waals surface area contributed by atoms with E-state index in [-0.39, 0.29) is 6.61 Å². The number of thioether (sulfide) groups is 1. The van der Waals surface area contributed by atoms with Gasteiger partial charge >= 0.3 is 0 Å². The minimum atomic E-state index is -1.36. The van der Waals surface area contributed by atoms with Gasteiger partial charge in [0.25, 0.3) is 0 Å². The van der Waals surface area contributed by atoms with E-state index in [4.69, 9.17) is 24.7 Å². The van der Waals surface area contributed by atoms with Gasteiger partial charge in [-0.15, -0.1) is 0 Å². The van der Waals surface area contributed by atoms with E-state index in [2.05, 4.69) is 0 Å². The lowest BCUT2D eigenvalue weighted by molar-refractivity contribution is -0.351. The van der Waals surface area contributed by atoms with E-state index in [0.29, 0.717) is 37.5 Å². The van der Waals surface area contributed by atoms with Crippen LogP contribution in [-0.2, 0) is 18.9 Å². The normalized spacial score (nSPS) is 45.8. The predicted octanol–water partition coefficient (Wildman–Crippen LogP) is -1.84. The molecule has 0 radical (unpaired) electrons. The lowest BCUT2D eigenvalue weighted by Gasteiger charge is -2.47. The molecule has 30 heavy (non-hydrogen) atoms. The van der Waals surface area contributed by atoms with Crippen molar-refractivity contribution in [3.8, 4) is 0 Å². The molecule has 0 spiro atoms. The largest absolute Gasteiger partial charge is 0.394 e. The highest BCUT2D eigenvalue weighted by Crippen LogP contribution is 2.34. The summed E-state index contributed by atoms with van der Waals surface area (Å²) in [6.07, 6.45) is -7.06. The smallest absolute Gasteiger partial charge is 0.187 e. The first-order valence-electron chi connectivity index (χ1n) is 10.7. The van der Waals surface area contributed by atoms with Gasteiger partial charge in [0.15, 0.2) is 12.6 Å². The maximum absolute atomic E-state index is 10.7. The number of nitrogens with two attached hydrogens (primary N) is 1. The summed E-state index contributed by atoms with van der Waals surface area (Å²) in [5, 5.41) is 52.3. The van der Waals surface area contributed by atoms with Crippen LogP contribution in [0.5, 0.6) is 0 Å². The highest BCUT2D eigenvalue weighted by Gasteiger charge is 2.50. The zero-order valence-corrected chi connectivity index (χ0v) is 17.8. The molecule has 0 saturated carbocycles. The molecule has 6 heterocycles. The molecule has 10 atom stereocenters. The first-order valence-corrected chi connectivity index (χ1v) is 11.8. The molecule has 4 unspecified atom stereocenters. The number of hydrogen-bond acceptors (Lipinski definition) is 11. The molecule has 0 aromatic heterocycles. The van der Waals surface area contributed by atoms with E-state index in [1.165, 1.54) is 11.8 Å². The average molecular weight is 454 g/mol. The summed E-state index contributed by atoms with van der Waals surface area (Å²) < 4.78 is 23.2. The Morgan fingerprint density at radius 2 is 1.57 bits per heavy atom. The van der Waals surface area contributed by atoms with E-state index >= 15 is 0 Å². The molecular weight excluding hydrogens is 418 g/mol. The summed E-state index contributed by atoms with van der Waals surface area (Å²) in [6.45, 7) is 0.493. The van der Waals surface area contributed by atoms with Crippen LogP contribution in [0.4, 0.5) is 0 Å². The van der Waals surface area contributed by atoms with Gasteiger partial charge in [0, 0.05) is 30.6 Å². The Bertz CT molecular complexity index is 516. The van der Waals surface area contributed by atoms with Crippen molar-refractivity contribution in [2.75, 3.05) is 31.3 Å². The van der Waals surface area contributed by atoms with Crippen molar-refractivity contribution in [2.45, 2.75) is 81.0 Å². The lowest BCUT2D eigenvalue weighted by Crippen LogP contribution is -2.63. The first-order chi connectivity index (χ1) is 14.5. The Morgan fingerprint density at radius 1 is 0.833 bits per heavy atom. The summed E-state index contributed by atoms with van der Waals surface area (Å²) >= 11 is 1.50. The van der Waals surface area contributed by atoms with Crippen molar-refractivity contribution >= 4 is 11.8 Å². The molecule has 0 aliphatic carbocycles. The molecule has 0 aromatic carbocycles. The minimum absolute atomic E-state index is 0.332. The Morgan fingerprint density at radius 3 is 2.30 bits per heavy atom. The predicted molar refractivity (Wildman–Crippen MR) is 108 cm³/mol. The number of aliphatic hydroxyl groups excluding tert-OH is 5. The zero-order chi connectivity index (χ0) is 21.7. The highest BCUT2D eigenvalue weighted by atomic mass is 32.2. The molecule has 4 bridgehead atoms. The van der Waals surface area contributed by atoms with Crippen LogP contribution in [0.2, 0.25) is 0 Å². The van der Waals surface area contributed by atoms with Crippen molar-refractivity contribution in [1.82, 2.24) is 0 Å². The van der Waals surface area contributed by atoms with Crippen LogP contribution in [-0.4, -0.2) is 112 Å². The molecule has 6 fully saturated rings. The quantitative estimate of drug-likeness (QED) is 0.259. The van der Waals surface area contributed by atoms with Crippen molar-refractivity contribution < 1.29 is 44.5 Å². The number of rotatable bonds is 5. The van der Waals surface area contributed by atoms with Crippen LogP contribution in [0.25, 0.3) is 0 Å². The van der Waals surface area contributed by atoms with Gasteiger partial charge in [0.1, 0.15) is 24.4 Å². The van der Waals surface area contributed by atoms with E-state index < -0.39 is 61.2 Å². The fourth-order valence-electron chi connectivity index (χ4n) is 4.28. The summed E-state index contributed by atoms with van der Waals surface area (Å²) in [6, 6.07) is 0. The van der Waals surface area contributed by atoms with Gasteiger partial charge in [0.2, 0.25) is 0 Å². The van der Waals surface area contributed by atoms with Gasteiger partial charge in [-0.2, -0.15) is 11.8 Å². The zero-order valence-electron chi connectivity index (χ0n) is 17.0. The van der Waals surface area contributed by atoms with Gasteiger partial charge in [-0.3, -0.25) is 0 Å². The molecule has 11 heteroatoms. The summed E-state index contributed by atoms with van der Waals surface area (Å²) in [5.41, 5.74) is 5.56. The van der Waals surface area contributed by atoms with Crippen LogP contribution < -0.4 is 5.73 Å². The van der Waals surface area contributed by atoms with Crippen LogP contribution in [0.1, 0.15) is 25.7 Å². The van der Waals surface area contributed by atoms with Crippen molar-refractivity contribution in [3.63, 3.8) is 0 Å². The van der Waals surface area contributed by atoms with Gasteiger partial charge < -0.3 is 50.2 Å². The van der Waals surface area contributed by atoms with E-state index in [9.17, 15) is 25.5 Å². The number of hydrogen-bond donors (Lipinski definition) is 6. The molecule has 6 rings (SSSR count). The Labute approximate surface area is 180 Å². The van der Waals surface area contributed by atoms with Crippen molar-refractivity contribution in [2.24, 2.45) is 11.7 Å². The summed E-state index contributed by atoms with van der Waals surface area (Å²) in [7, 11) is 0. The fraction of sp³-hybridized carbons (Fsp3) is 1.00. The maximum Gasteiger partial charge on any atom is 0.187 e. The van der Waals surface area contributed by atoms with Crippen LogP contribution in [0.15, 0.2) is 0 Å². The highest BCUT2D eigenvalue weighted by molar-refractivity contribution is 7.99. The van der Waals surface area contributed by atoms with Gasteiger partial charge in [0.05, 0.1) is 24.9 Å². The first kappa shape index (κ1) is 24.6.